The SMILES string of the molecule is CC(C)C(C)N(Cc1cc(NC(=O)C2CCC2)ccc1N(C)C)C(=O)c1ccco1. The second kappa shape index (κ2) is 9.37. The van der Waals surface area contributed by atoms with E-state index in [-0.39, 0.29) is 29.7 Å². The van der Waals surface area contributed by atoms with E-state index < -0.39 is 0 Å². The zero-order valence-corrected chi connectivity index (χ0v) is 18.6. The van der Waals surface area contributed by atoms with E-state index >= 15 is 0 Å². The number of hydrogen-bond acceptors (Lipinski definition) is 4. The van der Waals surface area contributed by atoms with Gasteiger partial charge in [0, 0.05) is 44.0 Å². The van der Waals surface area contributed by atoms with Gasteiger partial charge in [-0.1, -0.05) is 20.3 Å². The van der Waals surface area contributed by atoms with E-state index in [1.807, 2.05) is 42.1 Å². The van der Waals surface area contributed by atoms with Crippen molar-refractivity contribution in [1.82, 2.24) is 4.90 Å². The molecule has 1 aromatic carbocycles. The van der Waals surface area contributed by atoms with Gasteiger partial charge in [0.05, 0.1) is 6.26 Å². The molecule has 1 heterocycles. The molecule has 1 saturated carbocycles. The third kappa shape index (κ3) is 4.86. The lowest BCUT2D eigenvalue weighted by atomic mass is 9.85. The van der Waals surface area contributed by atoms with Gasteiger partial charge in [0.1, 0.15) is 0 Å². The van der Waals surface area contributed by atoms with E-state index in [0.29, 0.717) is 12.3 Å². The summed E-state index contributed by atoms with van der Waals surface area (Å²) in [5.41, 5.74) is 2.78. The molecule has 0 spiro atoms. The van der Waals surface area contributed by atoms with Crippen LogP contribution in [0.1, 0.15) is 56.2 Å². The number of nitrogens with one attached hydrogen (secondary N) is 1. The Hall–Kier alpha value is -2.76. The van der Waals surface area contributed by atoms with Crippen LogP contribution in [-0.2, 0) is 11.3 Å². The Morgan fingerprint density at radius 3 is 2.43 bits per heavy atom. The normalized spacial score (nSPS) is 14.9. The van der Waals surface area contributed by atoms with Gasteiger partial charge in [-0.2, -0.15) is 0 Å². The average Bonchev–Trinajstić information content (AvgIpc) is 3.18. The van der Waals surface area contributed by atoms with Crippen LogP contribution in [0.4, 0.5) is 11.4 Å². The van der Waals surface area contributed by atoms with Gasteiger partial charge in [0.25, 0.3) is 5.91 Å². The van der Waals surface area contributed by atoms with E-state index in [4.69, 9.17) is 4.42 Å². The predicted octanol–water partition coefficient (Wildman–Crippen LogP) is 4.77. The maximum absolute atomic E-state index is 13.2. The summed E-state index contributed by atoms with van der Waals surface area (Å²) in [5, 5.41) is 3.05. The molecule has 3 rings (SSSR count). The molecule has 1 N–H and O–H groups in total. The molecule has 1 atom stereocenters. The second-order valence-electron chi connectivity index (χ2n) is 8.75. The molecule has 162 valence electrons. The van der Waals surface area contributed by atoms with E-state index in [2.05, 4.69) is 26.1 Å². The monoisotopic (exact) mass is 411 g/mol. The van der Waals surface area contributed by atoms with Crippen molar-refractivity contribution in [3.63, 3.8) is 0 Å². The number of benzene rings is 1. The van der Waals surface area contributed by atoms with Crippen molar-refractivity contribution in [2.24, 2.45) is 11.8 Å². The van der Waals surface area contributed by atoms with Crippen molar-refractivity contribution in [2.75, 3.05) is 24.3 Å². The molecule has 2 aromatic rings. The average molecular weight is 412 g/mol. The Labute approximate surface area is 179 Å². The van der Waals surface area contributed by atoms with Crippen molar-refractivity contribution in [1.29, 1.82) is 0 Å². The summed E-state index contributed by atoms with van der Waals surface area (Å²) in [5.74, 6) is 0.704. The first-order valence-corrected chi connectivity index (χ1v) is 10.7. The summed E-state index contributed by atoms with van der Waals surface area (Å²) in [7, 11) is 3.96. The number of anilines is 2. The molecule has 0 bridgehead atoms. The van der Waals surface area contributed by atoms with Gasteiger partial charge < -0.3 is 19.5 Å². The standard InChI is InChI=1S/C24H33N3O3/c1-16(2)17(3)27(24(29)22-10-7-13-30-22)15-19-14-20(11-12-21(19)26(4)5)25-23(28)18-8-6-9-18/h7,10-14,16-18H,6,8-9,15H2,1-5H3,(H,25,28). The van der Waals surface area contributed by atoms with E-state index in [1.165, 1.54) is 6.26 Å². The van der Waals surface area contributed by atoms with Crippen molar-refractivity contribution < 1.29 is 14.0 Å². The summed E-state index contributed by atoms with van der Waals surface area (Å²) in [6.07, 6.45) is 4.57. The largest absolute Gasteiger partial charge is 0.459 e. The molecule has 0 radical (unpaired) electrons. The third-order valence-electron chi connectivity index (χ3n) is 6.09. The zero-order valence-electron chi connectivity index (χ0n) is 18.6. The van der Waals surface area contributed by atoms with Crippen LogP contribution in [0.15, 0.2) is 41.0 Å². The van der Waals surface area contributed by atoms with Crippen LogP contribution in [0.25, 0.3) is 0 Å². The van der Waals surface area contributed by atoms with Crippen LogP contribution in [0.2, 0.25) is 0 Å². The molecular formula is C24H33N3O3. The summed E-state index contributed by atoms with van der Waals surface area (Å²) >= 11 is 0. The number of carbonyl (C=O) groups excluding carboxylic acids is 2. The number of carbonyl (C=O) groups is 2. The molecule has 0 saturated heterocycles. The molecule has 1 aliphatic carbocycles. The Morgan fingerprint density at radius 2 is 1.90 bits per heavy atom. The van der Waals surface area contributed by atoms with Gasteiger partial charge in [0.2, 0.25) is 5.91 Å². The van der Waals surface area contributed by atoms with Crippen molar-refractivity contribution >= 4 is 23.2 Å². The van der Waals surface area contributed by atoms with Gasteiger partial charge in [-0.05, 0) is 61.6 Å². The fraction of sp³-hybridized carbons (Fsp3) is 0.500. The maximum Gasteiger partial charge on any atom is 0.290 e. The highest BCUT2D eigenvalue weighted by Gasteiger charge is 2.28. The molecule has 6 nitrogen and oxygen atoms in total. The fourth-order valence-electron chi connectivity index (χ4n) is 3.63. The first kappa shape index (κ1) is 21.9. The van der Waals surface area contributed by atoms with Crippen molar-refractivity contribution in [2.45, 2.75) is 52.6 Å². The minimum atomic E-state index is -0.130. The molecule has 1 unspecified atom stereocenters. The van der Waals surface area contributed by atoms with E-state index in [1.54, 1.807) is 12.1 Å². The summed E-state index contributed by atoms with van der Waals surface area (Å²) in [6.45, 7) is 6.70. The molecule has 1 fully saturated rings. The lowest BCUT2D eigenvalue weighted by Gasteiger charge is -2.33. The van der Waals surface area contributed by atoms with Gasteiger partial charge in [-0.3, -0.25) is 9.59 Å². The molecule has 6 heteroatoms. The summed E-state index contributed by atoms with van der Waals surface area (Å²) in [4.78, 5) is 29.5. The molecule has 1 aromatic heterocycles. The molecule has 30 heavy (non-hydrogen) atoms. The van der Waals surface area contributed by atoms with Crippen LogP contribution in [0.5, 0.6) is 0 Å². The predicted molar refractivity (Wildman–Crippen MR) is 120 cm³/mol. The number of rotatable bonds is 8. The summed E-state index contributed by atoms with van der Waals surface area (Å²) < 4.78 is 5.38. The molecule has 0 aliphatic heterocycles. The number of amides is 2. The Bertz CT molecular complexity index is 870. The Kier molecular flexibility index (Phi) is 6.85. The number of hydrogen-bond donors (Lipinski definition) is 1. The maximum atomic E-state index is 13.2. The van der Waals surface area contributed by atoms with Gasteiger partial charge in [0.15, 0.2) is 5.76 Å². The highest BCUT2D eigenvalue weighted by atomic mass is 16.3. The Balaban J connectivity index is 1.90. The van der Waals surface area contributed by atoms with Crippen molar-refractivity contribution in [3.05, 3.63) is 47.9 Å². The smallest absolute Gasteiger partial charge is 0.290 e. The quantitative estimate of drug-likeness (QED) is 0.679. The number of nitrogens with zero attached hydrogens (tertiary/aromatic N) is 2. The molecular weight excluding hydrogens is 378 g/mol. The number of furan rings is 1. The van der Waals surface area contributed by atoms with Gasteiger partial charge in [-0.15, -0.1) is 0 Å². The van der Waals surface area contributed by atoms with E-state index in [9.17, 15) is 9.59 Å². The zero-order chi connectivity index (χ0) is 21.8. The Morgan fingerprint density at radius 1 is 1.17 bits per heavy atom. The minimum Gasteiger partial charge on any atom is -0.459 e. The molecule has 2 amide bonds. The van der Waals surface area contributed by atoms with E-state index in [0.717, 1.165) is 36.2 Å². The summed E-state index contributed by atoms with van der Waals surface area (Å²) in [6, 6.07) is 9.37. The highest BCUT2D eigenvalue weighted by molar-refractivity contribution is 5.94. The van der Waals surface area contributed by atoms with Crippen LogP contribution >= 0.6 is 0 Å². The van der Waals surface area contributed by atoms with Crippen molar-refractivity contribution in [3.8, 4) is 0 Å². The minimum absolute atomic E-state index is 0.0193. The highest BCUT2D eigenvalue weighted by Crippen LogP contribution is 2.30. The van der Waals surface area contributed by atoms with Crippen LogP contribution in [0.3, 0.4) is 0 Å². The fourth-order valence-corrected chi connectivity index (χ4v) is 3.63. The topological polar surface area (TPSA) is 65.8 Å². The van der Waals surface area contributed by atoms with Gasteiger partial charge in [-0.25, -0.2) is 0 Å². The van der Waals surface area contributed by atoms with Crippen LogP contribution < -0.4 is 10.2 Å². The first-order valence-electron chi connectivity index (χ1n) is 10.7. The van der Waals surface area contributed by atoms with Gasteiger partial charge >= 0.3 is 0 Å². The lowest BCUT2D eigenvalue weighted by Crippen LogP contribution is -2.41. The second-order valence-corrected chi connectivity index (χ2v) is 8.75. The molecule has 1 aliphatic rings. The lowest BCUT2D eigenvalue weighted by molar-refractivity contribution is -0.122. The first-order chi connectivity index (χ1) is 14.3. The third-order valence-corrected chi connectivity index (χ3v) is 6.09. The van der Waals surface area contributed by atoms with Crippen LogP contribution in [-0.4, -0.2) is 36.9 Å². The van der Waals surface area contributed by atoms with Crippen LogP contribution in [0, 0.1) is 11.8 Å².